The molecule has 0 fully saturated rings. The summed E-state index contributed by atoms with van der Waals surface area (Å²) in [6.07, 6.45) is 0.983. The fourth-order valence-electron chi connectivity index (χ4n) is 1.19. The molecule has 0 aromatic rings. The second-order valence-corrected chi connectivity index (χ2v) is 2.99. The zero-order valence-corrected chi connectivity index (χ0v) is 7.71. The fraction of sp³-hybridized carbons (Fsp3) is 0.875. The summed E-state index contributed by atoms with van der Waals surface area (Å²) < 4.78 is 5.41. The average molecular weight is 171 g/mol. The second kappa shape index (κ2) is 4.42. The van der Waals surface area contributed by atoms with Gasteiger partial charge in [0.1, 0.15) is 5.84 Å². The number of hydrogen-bond acceptors (Lipinski definition) is 4. The van der Waals surface area contributed by atoms with Crippen molar-refractivity contribution < 1.29 is 4.74 Å². The molecule has 4 nitrogen and oxygen atoms in total. The molecule has 1 heterocycles. The van der Waals surface area contributed by atoms with Gasteiger partial charge in [-0.2, -0.15) is 0 Å². The molecule has 0 unspecified atom stereocenters. The first-order chi connectivity index (χ1) is 5.77. The van der Waals surface area contributed by atoms with Crippen LogP contribution in [-0.2, 0) is 4.74 Å². The van der Waals surface area contributed by atoms with Crippen LogP contribution in [0.3, 0.4) is 0 Å². The van der Waals surface area contributed by atoms with Crippen LogP contribution in [0.15, 0.2) is 4.99 Å². The fourth-order valence-corrected chi connectivity index (χ4v) is 1.19. The van der Waals surface area contributed by atoms with Gasteiger partial charge in [-0.3, -0.25) is 4.99 Å². The molecule has 3 N–H and O–H groups in total. The Morgan fingerprint density at radius 2 is 2.42 bits per heavy atom. The third-order valence-corrected chi connectivity index (χ3v) is 2.10. The van der Waals surface area contributed by atoms with Crippen molar-refractivity contribution in [1.82, 2.24) is 5.32 Å². The first-order valence-corrected chi connectivity index (χ1v) is 4.36. The largest absolute Gasteiger partial charge is 0.386 e. The lowest BCUT2D eigenvalue weighted by molar-refractivity contribution is 0.120. The summed E-state index contributed by atoms with van der Waals surface area (Å²) >= 11 is 0. The molecule has 1 rings (SSSR count). The van der Waals surface area contributed by atoms with Crippen LogP contribution in [0, 0.1) is 0 Å². The number of nitrogens with zero attached hydrogens (tertiary/aromatic N) is 1. The van der Waals surface area contributed by atoms with Crippen molar-refractivity contribution in [2.45, 2.75) is 25.4 Å². The van der Waals surface area contributed by atoms with Crippen molar-refractivity contribution in [3.63, 3.8) is 0 Å². The van der Waals surface area contributed by atoms with E-state index in [2.05, 4.69) is 17.2 Å². The maximum Gasteiger partial charge on any atom is 0.114 e. The number of likely N-dealkylation sites (N-methyl/N-ethyl adjacent to an activating group) is 1. The first kappa shape index (κ1) is 9.48. The van der Waals surface area contributed by atoms with Gasteiger partial charge in [0.15, 0.2) is 0 Å². The molecule has 0 aliphatic carbocycles. The maximum atomic E-state index is 5.76. The minimum absolute atomic E-state index is 0.0848. The molecule has 0 amide bonds. The summed E-state index contributed by atoms with van der Waals surface area (Å²) in [6, 6.07) is 0.324. The van der Waals surface area contributed by atoms with E-state index in [1.807, 2.05) is 7.05 Å². The summed E-state index contributed by atoms with van der Waals surface area (Å²) in [6.45, 7) is 3.40. The lowest BCUT2D eigenvalue weighted by atomic mass is 10.2. The highest BCUT2D eigenvalue weighted by Gasteiger charge is 2.17. The van der Waals surface area contributed by atoms with Gasteiger partial charge in [-0.1, -0.05) is 6.92 Å². The van der Waals surface area contributed by atoms with Gasteiger partial charge in [-0.15, -0.1) is 0 Å². The Morgan fingerprint density at radius 1 is 1.67 bits per heavy atom. The molecule has 0 saturated heterocycles. The van der Waals surface area contributed by atoms with Crippen molar-refractivity contribution in [2.24, 2.45) is 10.7 Å². The number of aliphatic imine (C=N–C) groups is 1. The van der Waals surface area contributed by atoms with Gasteiger partial charge < -0.3 is 15.8 Å². The third kappa shape index (κ3) is 2.19. The predicted octanol–water partition coefficient (Wildman–Crippen LogP) is -0.260. The van der Waals surface area contributed by atoms with Crippen molar-refractivity contribution in [3.8, 4) is 0 Å². The Hall–Kier alpha value is -0.610. The minimum Gasteiger partial charge on any atom is -0.386 e. The van der Waals surface area contributed by atoms with Crippen LogP contribution in [0.2, 0.25) is 0 Å². The van der Waals surface area contributed by atoms with E-state index in [1.165, 1.54) is 0 Å². The highest BCUT2D eigenvalue weighted by Crippen LogP contribution is 2.04. The van der Waals surface area contributed by atoms with E-state index >= 15 is 0 Å². The van der Waals surface area contributed by atoms with Crippen LogP contribution in [-0.4, -0.2) is 38.2 Å². The Kier molecular flexibility index (Phi) is 3.49. The molecule has 0 spiro atoms. The number of ether oxygens (including phenoxy) is 1. The summed E-state index contributed by atoms with van der Waals surface area (Å²) in [5, 5.41) is 3.06. The van der Waals surface area contributed by atoms with Gasteiger partial charge in [0.2, 0.25) is 0 Å². The Morgan fingerprint density at radius 3 is 3.00 bits per heavy atom. The Labute approximate surface area is 73.2 Å². The molecule has 0 aromatic carbocycles. The first-order valence-electron chi connectivity index (χ1n) is 4.36. The number of rotatable bonds is 2. The molecule has 0 radical (unpaired) electrons. The Balaban J connectivity index is 2.61. The molecule has 1 aliphatic rings. The molecule has 0 saturated carbocycles. The van der Waals surface area contributed by atoms with E-state index in [4.69, 9.17) is 10.5 Å². The molecule has 12 heavy (non-hydrogen) atoms. The number of hydrogen-bond donors (Lipinski definition) is 2. The highest BCUT2D eigenvalue weighted by molar-refractivity contribution is 5.86. The van der Waals surface area contributed by atoms with E-state index in [9.17, 15) is 0 Å². The number of nitrogens with two attached hydrogens (primary N) is 1. The normalized spacial score (nSPS) is 31.0. The molecule has 0 bridgehead atoms. The summed E-state index contributed by atoms with van der Waals surface area (Å²) in [7, 11) is 1.86. The van der Waals surface area contributed by atoms with Crippen molar-refractivity contribution in [2.75, 3.05) is 20.3 Å². The van der Waals surface area contributed by atoms with E-state index in [0.717, 1.165) is 6.42 Å². The summed E-state index contributed by atoms with van der Waals surface area (Å²) in [5.41, 5.74) is 5.76. The molecule has 70 valence electrons. The van der Waals surface area contributed by atoms with Crippen LogP contribution in [0.5, 0.6) is 0 Å². The van der Waals surface area contributed by atoms with E-state index in [-0.39, 0.29) is 12.1 Å². The monoisotopic (exact) mass is 171 g/mol. The maximum absolute atomic E-state index is 5.76. The predicted molar refractivity (Wildman–Crippen MR) is 49.4 cm³/mol. The van der Waals surface area contributed by atoms with Crippen molar-refractivity contribution in [1.29, 1.82) is 0 Å². The van der Waals surface area contributed by atoms with Gasteiger partial charge in [-0.05, 0) is 13.5 Å². The quantitative estimate of drug-likeness (QED) is 0.602. The van der Waals surface area contributed by atoms with Gasteiger partial charge in [0, 0.05) is 0 Å². The molecule has 4 heteroatoms. The van der Waals surface area contributed by atoms with Crippen molar-refractivity contribution >= 4 is 5.84 Å². The van der Waals surface area contributed by atoms with E-state index < -0.39 is 0 Å². The average Bonchev–Trinajstić information content (AvgIpc) is 2.26. The second-order valence-electron chi connectivity index (χ2n) is 2.99. The van der Waals surface area contributed by atoms with Crippen LogP contribution in [0.4, 0.5) is 0 Å². The summed E-state index contributed by atoms with van der Waals surface area (Å²) in [5.74, 6) is 0.668. The zero-order valence-electron chi connectivity index (χ0n) is 7.71. The molecule has 2 atom stereocenters. The standard InChI is InChI=1S/C8H17N3O/c1-3-6-4-12-5-7(10-2)8(9)11-6/h6-7,10H,3-5H2,1-2H3,(H2,9,11)/t6-,7+/m0/s1. The van der Waals surface area contributed by atoms with Crippen LogP contribution in [0.25, 0.3) is 0 Å². The lowest BCUT2D eigenvalue weighted by Gasteiger charge is -2.11. The van der Waals surface area contributed by atoms with E-state index in [1.54, 1.807) is 0 Å². The smallest absolute Gasteiger partial charge is 0.114 e. The topological polar surface area (TPSA) is 59.6 Å². The van der Waals surface area contributed by atoms with Crippen molar-refractivity contribution in [3.05, 3.63) is 0 Å². The number of amidine groups is 1. The SMILES string of the molecule is CC[C@H]1COC[C@@H](NC)C(N)=N1. The molecular weight excluding hydrogens is 154 g/mol. The zero-order chi connectivity index (χ0) is 8.97. The Bertz CT molecular complexity index is 170. The molecule has 1 aliphatic heterocycles. The van der Waals surface area contributed by atoms with Crippen LogP contribution in [0.1, 0.15) is 13.3 Å². The summed E-state index contributed by atoms with van der Waals surface area (Å²) in [4.78, 5) is 4.35. The highest BCUT2D eigenvalue weighted by atomic mass is 16.5. The third-order valence-electron chi connectivity index (χ3n) is 2.10. The van der Waals surface area contributed by atoms with Crippen LogP contribution >= 0.6 is 0 Å². The van der Waals surface area contributed by atoms with Gasteiger partial charge in [0.25, 0.3) is 0 Å². The molecular formula is C8H17N3O. The molecule has 0 aromatic heterocycles. The lowest BCUT2D eigenvalue weighted by Crippen LogP contribution is -2.42. The van der Waals surface area contributed by atoms with E-state index in [0.29, 0.717) is 19.0 Å². The van der Waals surface area contributed by atoms with Gasteiger partial charge >= 0.3 is 0 Å². The van der Waals surface area contributed by atoms with Crippen LogP contribution < -0.4 is 11.1 Å². The minimum atomic E-state index is 0.0848. The van der Waals surface area contributed by atoms with Gasteiger partial charge in [-0.25, -0.2) is 0 Å². The van der Waals surface area contributed by atoms with Gasteiger partial charge in [0.05, 0.1) is 25.3 Å². The number of nitrogens with one attached hydrogen (secondary N) is 1.